The van der Waals surface area contributed by atoms with Crippen LogP contribution in [-0.4, -0.2) is 23.0 Å². The number of carboxylic acids is 1. The Balaban J connectivity index is 1.85. The number of aromatic carboxylic acids is 1. The van der Waals surface area contributed by atoms with Crippen molar-refractivity contribution in [3.8, 4) is 11.3 Å². The molecule has 3 amide bonds. The number of hydrogen-bond donors (Lipinski definition) is 3. The number of amides is 3. The summed E-state index contributed by atoms with van der Waals surface area (Å²) >= 11 is 12.0. The number of furan rings is 1. The van der Waals surface area contributed by atoms with Gasteiger partial charge in [0.2, 0.25) is 0 Å². The van der Waals surface area contributed by atoms with Crippen LogP contribution in [0.5, 0.6) is 0 Å². The van der Waals surface area contributed by atoms with Crippen LogP contribution < -0.4 is 10.6 Å². The number of hydrogen-bond acceptors (Lipinski definition) is 4. The number of imide groups is 1. The molecular formula is C21H12Cl2N2O5. The van der Waals surface area contributed by atoms with Crippen molar-refractivity contribution < 1.29 is 23.9 Å². The van der Waals surface area contributed by atoms with E-state index in [1.807, 2.05) is 0 Å². The van der Waals surface area contributed by atoms with Crippen LogP contribution in [-0.2, 0) is 4.79 Å². The Kier molecular flexibility index (Phi) is 5.07. The number of benzene rings is 2. The fourth-order valence-corrected chi connectivity index (χ4v) is 3.46. The standard InChI is InChI=1S/C21H12Cl2N2O5/c22-12-3-1-2-11(8-12)17(18-19(26)25-21(29)24-18)16-7-6-15(30-16)10-4-5-14(23)13(9-10)20(27)28/h1-9H,(H,27,28)(H2,24,25,26,29)/b18-17-. The van der Waals surface area contributed by atoms with Crippen LogP contribution in [0.1, 0.15) is 21.7 Å². The van der Waals surface area contributed by atoms with E-state index in [0.29, 0.717) is 27.5 Å². The molecule has 0 aliphatic carbocycles. The largest absolute Gasteiger partial charge is 0.478 e. The van der Waals surface area contributed by atoms with Gasteiger partial charge in [0.1, 0.15) is 17.2 Å². The minimum Gasteiger partial charge on any atom is -0.478 e. The molecule has 7 nitrogen and oxygen atoms in total. The summed E-state index contributed by atoms with van der Waals surface area (Å²) in [6.07, 6.45) is 0. The van der Waals surface area contributed by atoms with E-state index >= 15 is 0 Å². The minimum atomic E-state index is -1.17. The second-order valence-electron chi connectivity index (χ2n) is 6.33. The second kappa shape index (κ2) is 7.70. The first-order chi connectivity index (χ1) is 14.3. The van der Waals surface area contributed by atoms with Crippen LogP contribution >= 0.6 is 23.2 Å². The van der Waals surface area contributed by atoms with Crippen molar-refractivity contribution in [2.24, 2.45) is 0 Å². The van der Waals surface area contributed by atoms with Gasteiger partial charge in [0.05, 0.1) is 16.2 Å². The van der Waals surface area contributed by atoms with Gasteiger partial charge in [-0.1, -0.05) is 35.3 Å². The van der Waals surface area contributed by atoms with Crippen molar-refractivity contribution >= 4 is 46.7 Å². The summed E-state index contributed by atoms with van der Waals surface area (Å²) in [5.74, 6) is -1.13. The number of carbonyl (C=O) groups is 3. The van der Waals surface area contributed by atoms with Crippen molar-refractivity contribution in [2.75, 3.05) is 0 Å². The average Bonchev–Trinajstić information content (AvgIpc) is 3.29. The summed E-state index contributed by atoms with van der Waals surface area (Å²) in [5.41, 5.74) is 1.32. The molecule has 1 aliphatic rings. The topological polar surface area (TPSA) is 109 Å². The van der Waals surface area contributed by atoms with E-state index in [1.165, 1.54) is 12.1 Å². The third-order valence-electron chi connectivity index (χ3n) is 4.39. The molecule has 2 aromatic carbocycles. The summed E-state index contributed by atoms with van der Waals surface area (Å²) in [5, 5.41) is 14.5. The highest BCUT2D eigenvalue weighted by atomic mass is 35.5. The fourth-order valence-electron chi connectivity index (χ4n) is 3.07. The zero-order valence-electron chi connectivity index (χ0n) is 15.0. The van der Waals surface area contributed by atoms with Gasteiger partial charge in [-0.25, -0.2) is 9.59 Å². The maximum atomic E-state index is 12.3. The van der Waals surface area contributed by atoms with Crippen molar-refractivity contribution in [2.45, 2.75) is 0 Å². The molecule has 3 N–H and O–H groups in total. The first-order valence-electron chi connectivity index (χ1n) is 8.59. The number of carboxylic acid groups (broad SMARTS) is 1. The van der Waals surface area contributed by atoms with E-state index < -0.39 is 17.9 Å². The second-order valence-corrected chi connectivity index (χ2v) is 7.18. The highest BCUT2D eigenvalue weighted by Crippen LogP contribution is 2.34. The van der Waals surface area contributed by atoms with Gasteiger partial charge in [-0.3, -0.25) is 10.1 Å². The highest BCUT2D eigenvalue weighted by molar-refractivity contribution is 6.33. The first-order valence-corrected chi connectivity index (χ1v) is 9.35. The summed E-state index contributed by atoms with van der Waals surface area (Å²) in [7, 11) is 0. The molecule has 9 heteroatoms. The molecule has 0 radical (unpaired) electrons. The van der Waals surface area contributed by atoms with Crippen LogP contribution in [0.3, 0.4) is 0 Å². The summed E-state index contributed by atoms with van der Waals surface area (Å²) < 4.78 is 5.93. The molecule has 0 atom stereocenters. The Morgan fingerprint density at radius 1 is 0.967 bits per heavy atom. The molecule has 2 heterocycles. The quantitative estimate of drug-likeness (QED) is 0.405. The lowest BCUT2D eigenvalue weighted by molar-refractivity contribution is -0.115. The third kappa shape index (κ3) is 3.68. The monoisotopic (exact) mass is 442 g/mol. The number of carbonyl (C=O) groups excluding carboxylic acids is 2. The Bertz CT molecular complexity index is 1250. The molecular weight excluding hydrogens is 431 g/mol. The third-order valence-corrected chi connectivity index (χ3v) is 4.95. The summed E-state index contributed by atoms with van der Waals surface area (Å²) in [6, 6.07) is 13.8. The van der Waals surface area contributed by atoms with Crippen LogP contribution in [0.25, 0.3) is 16.9 Å². The smallest absolute Gasteiger partial charge is 0.337 e. The Hall–Kier alpha value is -3.55. The van der Waals surface area contributed by atoms with E-state index in [2.05, 4.69) is 10.6 Å². The zero-order valence-corrected chi connectivity index (χ0v) is 16.5. The van der Waals surface area contributed by atoms with E-state index in [9.17, 15) is 19.5 Å². The van der Waals surface area contributed by atoms with Crippen LogP contribution in [0.2, 0.25) is 10.0 Å². The molecule has 4 rings (SSSR count). The molecule has 0 unspecified atom stereocenters. The van der Waals surface area contributed by atoms with Gasteiger partial charge in [-0.05, 0) is 48.0 Å². The average molecular weight is 443 g/mol. The molecule has 150 valence electrons. The predicted octanol–water partition coefficient (Wildman–Crippen LogP) is 4.55. The molecule has 1 aromatic heterocycles. The van der Waals surface area contributed by atoms with Crippen molar-refractivity contribution in [1.82, 2.24) is 10.6 Å². The van der Waals surface area contributed by atoms with E-state index in [4.69, 9.17) is 27.6 Å². The van der Waals surface area contributed by atoms with E-state index in [1.54, 1.807) is 42.5 Å². The molecule has 30 heavy (non-hydrogen) atoms. The normalized spacial score (nSPS) is 15.0. The Morgan fingerprint density at radius 2 is 1.77 bits per heavy atom. The van der Waals surface area contributed by atoms with Gasteiger partial charge in [-0.2, -0.15) is 0 Å². The molecule has 1 fully saturated rings. The fraction of sp³-hybridized carbons (Fsp3) is 0. The number of rotatable bonds is 4. The molecule has 3 aromatic rings. The lowest BCUT2D eigenvalue weighted by atomic mass is 10.0. The van der Waals surface area contributed by atoms with Crippen molar-refractivity contribution in [1.29, 1.82) is 0 Å². The van der Waals surface area contributed by atoms with E-state index in [-0.39, 0.29) is 22.0 Å². The Labute approximate surface area is 179 Å². The van der Waals surface area contributed by atoms with Crippen LogP contribution in [0, 0.1) is 0 Å². The number of nitrogens with one attached hydrogen (secondary N) is 2. The lowest BCUT2D eigenvalue weighted by Gasteiger charge is -2.09. The minimum absolute atomic E-state index is 0.0190. The zero-order chi connectivity index (χ0) is 21.4. The first kappa shape index (κ1) is 19.8. The summed E-state index contributed by atoms with van der Waals surface area (Å²) in [4.78, 5) is 35.3. The molecule has 1 saturated heterocycles. The van der Waals surface area contributed by atoms with Crippen LogP contribution in [0.4, 0.5) is 4.79 Å². The lowest BCUT2D eigenvalue weighted by Crippen LogP contribution is -2.22. The molecule has 1 aliphatic heterocycles. The predicted molar refractivity (Wildman–Crippen MR) is 110 cm³/mol. The van der Waals surface area contributed by atoms with Crippen molar-refractivity contribution in [3.05, 3.63) is 87.2 Å². The highest BCUT2D eigenvalue weighted by Gasteiger charge is 2.29. The molecule has 0 spiro atoms. The number of urea groups is 1. The maximum absolute atomic E-state index is 12.3. The van der Waals surface area contributed by atoms with E-state index in [0.717, 1.165) is 0 Å². The Morgan fingerprint density at radius 3 is 2.43 bits per heavy atom. The van der Waals surface area contributed by atoms with Gasteiger partial charge < -0.3 is 14.8 Å². The molecule has 0 bridgehead atoms. The van der Waals surface area contributed by atoms with Gasteiger partial charge >= 0.3 is 12.0 Å². The molecule has 0 saturated carbocycles. The summed E-state index contributed by atoms with van der Waals surface area (Å²) in [6.45, 7) is 0. The van der Waals surface area contributed by atoms with Gasteiger partial charge in [-0.15, -0.1) is 0 Å². The van der Waals surface area contributed by atoms with Crippen molar-refractivity contribution in [3.63, 3.8) is 0 Å². The maximum Gasteiger partial charge on any atom is 0.337 e. The number of halogens is 2. The van der Waals surface area contributed by atoms with Crippen LogP contribution in [0.15, 0.2) is 64.7 Å². The SMILES string of the molecule is O=C1NC(=O)/C(=C(\c2cccc(Cl)c2)c2ccc(-c3ccc(Cl)c(C(=O)O)c3)o2)N1. The van der Waals surface area contributed by atoms with Gasteiger partial charge in [0, 0.05) is 10.6 Å². The van der Waals surface area contributed by atoms with Gasteiger partial charge in [0.15, 0.2) is 0 Å². The van der Waals surface area contributed by atoms with Gasteiger partial charge in [0.25, 0.3) is 5.91 Å².